The van der Waals surface area contributed by atoms with Crippen LogP contribution in [-0.2, 0) is 6.42 Å². The lowest BCUT2D eigenvalue weighted by Crippen LogP contribution is -2.20. The summed E-state index contributed by atoms with van der Waals surface area (Å²) in [6.45, 7) is 2.04. The number of rotatable bonds is 6. The van der Waals surface area contributed by atoms with Crippen LogP contribution in [0, 0.1) is 0 Å². The zero-order valence-corrected chi connectivity index (χ0v) is 14.9. The van der Waals surface area contributed by atoms with E-state index in [0.29, 0.717) is 5.56 Å². The summed E-state index contributed by atoms with van der Waals surface area (Å²) in [7, 11) is 0. The van der Waals surface area contributed by atoms with E-state index in [1.54, 1.807) is 0 Å². The van der Waals surface area contributed by atoms with Gasteiger partial charge in [0, 0.05) is 17.7 Å². The van der Waals surface area contributed by atoms with E-state index >= 15 is 0 Å². The molecule has 0 spiro atoms. The van der Waals surface area contributed by atoms with E-state index in [1.165, 1.54) is 5.56 Å². The molecule has 0 aromatic heterocycles. The first kappa shape index (κ1) is 17.6. The molecule has 0 saturated carbocycles. The third kappa shape index (κ3) is 4.67. The van der Waals surface area contributed by atoms with Crippen molar-refractivity contribution in [3.63, 3.8) is 0 Å². The molecule has 3 nitrogen and oxygen atoms in total. The van der Waals surface area contributed by atoms with Crippen molar-refractivity contribution in [2.45, 2.75) is 19.8 Å². The fourth-order valence-corrected chi connectivity index (χ4v) is 2.71. The maximum absolute atomic E-state index is 12.3. The molecule has 0 unspecified atom stereocenters. The second kappa shape index (κ2) is 8.77. The van der Waals surface area contributed by atoms with Gasteiger partial charge in [0.15, 0.2) is 0 Å². The Bertz CT molecular complexity index is 869. The summed E-state index contributed by atoms with van der Waals surface area (Å²) in [6, 6.07) is 27.8. The Morgan fingerprint density at radius 1 is 0.808 bits per heavy atom. The fraction of sp³-hybridized carbons (Fsp3) is 0.130. The topological polar surface area (TPSA) is 41.5 Å². The standard InChI is InChI=1S/C23H22N2O/c1-2-22(17-18-9-5-3-6-10-18)24-25-23(26)21-15-13-20(14-16-21)19-11-7-4-8-12-19/h3-16H,2,17H2,1H3,(H,25,26)/b24-22+. The highest BCUT2D eigenvalue weighted by Crippen LogP contribution is 2.19. The van der Waals surface area contributed by atoms with Gasteiger partial charge in [-0.3, -0.25) is 4.79 Å². The SMILES string of the molecule is CC/C(Cc1ccccc1)=N\NC(=O)c1ccc(-c2ccccc2)cc1. The van der Waals surface area contributed by atoms with Gasteiger partial charge in [-0.1, -0.05) is 79.7 Å². The lowest BCUT2D eigenvalue weighted by atomic mass is 10.0. The number of nitrogens with zero attached hydrogens (tertiary/aromatic N) is 1. The molecule has 0 bridgehead atoms. The summed E-state index contributed by atoms with van der Waals surface area (Å²) in [4.78, 5) is 12.3. The molecule has 1 amide bonds. The van der Waals surface area contributed by atoms with Crippen molar-refractivity contribution in [3.8, 4) is 11.1 Å². The summed E-state index contributed by atoms with van der Waals surface area (Å²) in [5.74, 6) is -0.191. The van der Waals surface area contributed by atoms with E-state index in [4.69, 9.17) is 0 Å². The third-order valence-electron chi connectivity index (χ3n) is 4.23. The van der Waals surface area contributed by atoms with Crippen molar-refractivity contribution in [1.82, 2.24) is 5.43 Å². The van der Waals surface area contributed by atoms with Gasteiger partial charge >= 0.3 is 0 Å². The first-order chi connectivity index (χ1) is 12.8. The maximum Gasteiger partial charge on any atom is 0.271 e. The van der Waals surface area contributed by atoms with Crippen molar-refractivity contribution in [2.24, 2.45) is 5.10 Å². The Labute approximate surface area is 154 Å². The molecule has 0 radical (unpaired) electrons. The van der Waals surface area contributed by atoms with Crippen LogP contribution in [-0.4, -0.2) is 11.6 Å². The Kier molecular flexibility index (Phi) is 5.94. The smallest absolute Gasteiger partial charge is 0.267 e. The van der Waals surface area contributed by atoms with Crippen molar-refractivity contribution < 1.29 is 4.79 Å². The van der Waals surface area contributed by atoms with Gasteiger partial charge in [0.1, 0.15) is 0 Å². The van der Waals surface area contributed by atoms with E-state index < -0.39 is 0 Å². The van der Waals surface area contributed by atoms with Gasteiger partial charge in [0.05, 0.1) is 0 Å². The largest absolute Gasteiger partial charge is 0.271 e. The molecular formula is C23H22N2O. The zero-order chi connectivity index (χ0) is 18.2. The highest BCUT2D eigenvalue weighted by Gasteiger charge is 2.06. The number of carbonyl (C=O) groups excluding carboxylic acids is 1. The molecule has 1 N–H and O–H groups in total. The highest BCUT2D eigenvalue weighted by molar-refractivity contribution is 5.96. The average Bonchev–Trinajstić information content (AvgIpc) is 2.72. The van der Waals surface area contributed by atoms with Crippen LogP contribution >= 0.6 is 0 Å². The van der Waals surface area contributed by atoms with Gasteiger partial charge in [-0.25, -0.2) is 5.43 Å². The van der Waals surface area contributed by atoms with Crippen molar-refractivity contribution in [1.29, 1.82) is 0 Å². The molecule has 0 aliphatic carbocycles. The molecule has 3 aromatic rings. The third-order valence-corrected chi connectivity index (χ3v) is 4.23. The van der Waals surface area contributed by atoms with Gasteiger partial charge < -0.3 is 0 Å². The number of nitrogens with one attached hydrogen (secondary N) is 1. The van der Waals surface area contributed by atoms with Crippen molar-refractivity contribution in [2.75, 3.05) is 0 Å². The highest BCUT2D eigenvalue weighted by atomic mass is 16.2. The van der Waals surface area contributed by atoms with Gasteiger partial charge in [0.2, 0.25) is 0 Å². The van der Waals surface area contributed by atoms with E-state index in [9.17, 15) is 4.79 Å². The quantitative estimate of drug-likeness (QED) is 0.492. The number of hydrogen-bond acceptors (Lipinski definition) is 2. The molecule has 130 valence electrons. The monoisotopic (exact) mass is 342 g/mol. The summed E-state index contributed by atoms with van der Waals surface area (Å²) in [6.07, 6.45) is 1.53. The van der Waals surface area contributed by atoms with E-state index in [-0.39, 0.29) is 5.91 Å². The van der Waals surface area contributed by atoms with Crippen LogP contribution < -0.4 is 5.43 Å². The lowest BCUT2D eigenvalue weighted by molar-refractivity contribution is 0.0954. The zero-order valence-electron chi connectivity index (χ0n) is 14.9. The molecule has 3 rings (SSSR count). The molecule has 26 heavy (non-hydrogen) atoms. The fourth-order valence-electron chi connectivity index (χ4n) is 2.71. The summed E-state index contributed by atoms with van der Waals surface area (Å²) >= 11 is 0. The Morgan fingerprint density at radius 3 is 2.00 bits per heavy atom. The molecule has 0 aliphatic rings. The molecule has 0 fully saturated rings. The van der Waals surface area contributed by atoms with Crippen LogP contribution in [0.5, 0.6) is 0 Å². The van der Waals surface area contributed by atoms with Crippen LogP contribution in [0.15, 0.2) is 90.0 Å². The summed E-state index contributed by atoms with van der Waals surface area (Å²) in [5, 5.41) is 4.31. The minimum atomic E-state index is -0.191. The average molecular weight is 342 g/mol. The van der Waals surface area contributed by atoms with Gasteiger partial charge in [-0.15, -0.1) is 0 Å². The summed E-state index contributed by atoms with van der Waals surface area (Å²) < 4.78 is 0. The Morgan fingerprint density at radius 2 is 1.38 bits per heavy atom. The van der Waals surface area contributed by atoms with Crippen LogP contribution in [0.3, 0.4) is 0 Å². The molecule has 0 saturated heterocycles. The first-order valence-electron chi connectivity index (χ1n) is 8.81. The number of hydrogen-bond donors (Lipinski definition) is 1. The molecule has 0 heterocycles. The van der Waals surface area contributed by atoms with Crippen LogP contribution in [0.4, 0.5) is 0 Å². The Balaban J connectivity index is 1.65. The molecule has 0 atom stereocenters. The van der Waals surface area contributed by atoms with Crippen LogP contribution in [0.2, 0.25) is 0 Å². The predicted octanol–water partition coefficient (Wildman–Crippen LogP) is 5.09. The molecule has 0 aliphatic heterocycles. The minimum absolute atomic E-state index is 0.191. The molecule has 3 heteroatoms. The van der Waals surface area contributed by atoms with Crippen LogP contribution in [0.25, 0.3) is 11.1 Å². The molecule has 3 aromatic carbocycles. The van der Waals surface area contributed by atoms with Crippen LogP contribution in [0.1, 0.15) is 29.3 Å². The van der Waals surface area contributed by atoms with Crippen molar-refractivity contribution in [3.05, 3.63) is 96.1 Å². The lowest BCUT2D eigenvalue weighted by Gasteiger charge is -2.06. The first-order valence-corrected chi connectivity index (χ1v) is 8.81. The second-order valence-electron chi connectivity index (χ2n) is 6.08. The van der Waals surface area contributed by atoms with E-state index in [2.05, 4.69) is 34.8 Å². The number of carbonyl (C=O) groups is 1. The second-order valence-corrected chi connectivity index (χ2v) is 6.08. The van der Waals surface area contributed by atoms with E-state index in [1.807, 2.05) is 67.6 Å². The Hall–Kier alpha value is -3.20. The van der Waals surface area contributed by atoms with Gasteiger partial charge in [-0.05, 0) is 35.2 Å². The number of hydrazone groups is 1. The normalized spacial score (nSPS) is 11.2. The minimum Gasteiger partial charge on any atom is -0.267 e. The maximum atomic E-state index is 12.3. The van der Waals surface area contributed by atoms with Gasteiger partial charge in [0.25, 0.3) is 5.91 Å². The number of amides is 1. The van der Waals surface area contributed by atoms with E-state index in [0.717, 1.165) is 29.7 Å². The van der Waals surface area contributed by atoms with Crippen molar-refractivity contribution >= 4 is 11.6 Å². The number of benzene rings is 3. The summed E-state index contributed by atoms with van der Waals surface area (Å²) in [5.41, 5.74) is 7.64. The predicted molar refractivity (Wildman–Crippen MR) is 107 cm³/mol. The molecular weight excluding hydrogens is 320 g/mol. The van der Waals surface area contributed by atoms with Gasteiger partial charge in [-0.2, -0.15) is 5.10 Å².